The number of nitrogens with one attached hydrogen (secondary N) is 1. The summed E-state index contributed by atoms with van der Waals surface area (Å²) in [5, 5.41) is 2.75. The standard InChI is InChI=1S/C12H16BrN3O2/c1-12(2,6-10(15)17)16-11(18)8-5-7(14)3-4-9(8)13/h3-5H,6,14H2,1-2H3,(H2,15,17)(H,16,18). The third-order valence-electron chi connectivity index (χ3n) is 2.30. The van der Waals surface area contributed by atoms with Gasteiger partial charge in [0.1, 0.15) is 0 Å². The molecule has 0 bridgehead atoms. The molecule has 0 atom stereocenters. The largest absolute Gasteiger partial charge is 0.399 e. The van der Waals surface area contributed by atoms with E-state index >= 15 is 0 Å². The number of carbonyl (C=O) groups is 2. The third kappa shape index (κ3) is 4.03. The molecule has 1 aromatic carbocycles. The van der Waals surface area contributed by atoms with E-state index in [1.807, 2.05) is 0 Å². The molecule has 0 saturated heterocycles. The monoisotopic (exact) mass is 313 g/mol. The minimum absolute atomic E-state index is 0.0681. The minimum Gasteiger partial charge on any atom is -0.399 e. The average Bonchev–Trinajstić information content (AvgIpc) is 2.18. The Balaban J connectivity index is 2.88. The second kappa shape index (κ2) is 5.39. The number of nitrogen functional groups attached to an aromatic ring is 1. The van der Waals surface area contributed by atoms with Gasteiger partial charge in [-0.25, -0.2) is 0 Å². The molecule has 0 aliphatic heterocycles. The van der Waals surface area contributed by atoms with Crippen LogP contribution in [0.2, 0.25) is 0 Å². The van der Waals surface area contributed by atoms with E-state index < -0.39 is 11.4 Å². The maximum atomic E-state index is 12.1. The molecule has 0 radical (unpaired) electrons. The SMILES string of the molecule is CC(C)(CC(N)=O)NC(=O)c1cc(N)ccc1Br. The maximum absolute atomic E-state index is 12.1. The summed E-state index contributed by atoms with van der Waals surface area (Å²) in [5.74, 6) is -0.771. The maximum Gasteiger partial charge on any atom is 0.252 e. The summed E-state index contributed by atoms with van der Waals surface area (Å²) in [4.78, 5) is 23.0. The van der Waals surface area contributed by atoms with Crippen molar-refractivity contribution in [2.75, 3.05) is 5.73 Å². The van der Waals surface area contributed by atoms with Crippen LogP contribution in [-0.4, -0.2) is 17.4 Å². The van der Waals surface area contributed by atoms with E-state index in [4.69, 9.17) is 11.5 Å². The molecule has 18 heavy (non-hydrogen) atoms. The summed E-state index contributed by atoms with van der Waals surface area (Å²) in [5.41, 5.74) is 11.0. The molecule has 0 heterocycles. The van der Waals surface area contributed by atoms with Crippen LogP contribution < -0.4 is 16.8 Å². The van der Waals surface area contributed by atoms with Crippen LogP contribution in [0.4, 0.5) is 5.69 Å². The number of benzene rings is 1. The normalized spacial score (nSPS) is 11.1. The zero-order valence-electron chi connectivity index (χ0n) is 10.3. The molecule has 0 aliphatic carbocycles. The van der Waals surface area contributed by atoms with Crippen molar-refractivity contribution >= 4 is 33.4 Å². The fraction of sp³-hybridized carbons (Fsp3) is 0.333. The van der Waals surface area contributed by atoms with Crippen molar-refractivity contribution < 1.29 is 9.59 Å². The number of nitrogens with two attached hydrogens (primary N) is 2. The number of halogens is 1. The highest BCUT2D eigenvalue weighted by Crippen LogP contribution is 2.20. The number of primary amides is 1. The number of rotatable bonds is 4. The van der Waals surface area contributed by atoms with Crippen molar-refractivity contribution in [3.8, 4) is 0 Å². The first-order chi connectivity index (χ1) is 8.21. The molecule has 0 spiro atoms. The van der Waals surface area contributed by atoms with E-state index in [-0.39, 0.29) is 12.3 Å². The van der Waals surface area contributed by atoms with E-state index in [2.05, 4.69) is 21.2 Å². The Kier molecular flexibility index (Phi) is 4.34. The summed E-state index contributed by atoms with van der Waals surface area (Å²) in [6.07, 6.45) is 0.0681. The van der Waals surface area contributed by atoms with Crippen molar-refractivity contribution in [1.29, 1.82) is 0 Å². The average molecular weight is 314 g/mol. The van der Waals surface area contributed by atoms with E-state index in [9.17, 15) is 9.59 Å². The lowest BCUT2D eigenvalue weighted by Crippen LogP contribution is -2.46. The van der Waals surface area contributed by atoms with Crippen molar-refractivity contribution in [3.05, 3.63) is 28.2 Å². The predicted molar refractivity (Wildman–Crippen MR) is 73.9 cm³/mol. The summed E-state index contributed by atoms with van der Waals surface area (Å²) in [6.45, 7) is 3.46. The van der Waals surface area contributed by atoms with Gasteiger partial charge in [0.2, 0.25) is 5.91 Å². The summed E-state index contributed by atoms with van der Waals surface area (Å²) in [6, 6.07) is 4.96. The molecule has 0 aliphatic rings. The summed E-state index contributed by atoms with van der Waals surface area (Å²) in [7, 11) is 0. The fourth-order valence-corrected chi connectivity index (χ4v) is 2.00. The van der Waals surface area contributed by atoms with Crippen molar-refractivity contribution in [1.82, 2.24) is 5.32 Å². The lowest BCUT2D eigenvalue weighted by Gasteiger charge is -2.25. The zero-order chi connectivity index (χ0) is 13.9. The molecule has 0 fully saturated rings. The van der Waals surface area contributed by atoms with Crippen LogP contribution in [0.15, 0.2) is 22.7 Å². The van der Waals surface area contributed by atoms with E-state index in [1.54, 1.807) is 32.0 Å². The smallest absolute Gasteiger partial charge is 0.252 e. The van der Waals surface area contributed by atoms with Gasteiger partial charge in [-0.15, -0.1) is 0 Å². The highest BCUT2D eigenvalue weighted by molar-refractivity contribution is 9.10. The second-order valence-electron chi connectivity index (χ2n) is 4.72. The molecule has 1 aromatic rings. The van der Waals surface area contributed by atoms with Gasteiger partial charge < -0.3 is 16.8 Å². The predicted octanol–water partition coefficient (Wildman–Crippen LogP) is 1.42. The van der Waals surface area contributed by atoms with Gasteiger partial charge in [-0.2, -0.15) is 0 Å². The highest BCUT2D eigenvalue weighted by Gasteiger charge is 2.24. The van der Waals surface area contributed by atoms with Gasteiger partial charge in [0.15, 0.2) is 0 Å². The first-order valence-electron chi connectivity index (χ1n) is 5.37. The Bertz CT molecular complexity index is 486. The van der Waals surface area contributed by atoms with Crippen LogP contribution in [0.1, 0.15) is 30.6 Å². The third-order valence-corrected chi connectivity index (χ3v) is 2.99. The van der Waals surface area contributed by atoms with Crippen LogP contribution in [0.3, 0.4) is 0 Å². The topological polar surface area (TPSA) is 98.2 Å². The van der Waals surface area contributed by atoms with Crippen molar-refractivity contribution in [3.63, 3.8) is 0 Å². The Labute approximate surface area is 114 Å². The van der Waals surface area contributed by atoms with Gasteiger partial charge in [-0.1, -0.05) is 0 Å². The zero-order valence-corrected chi connectivity index (χ0v) is 11.9. The first-order valence-corrected chi connectivity index (χ1v) is 6.16. The molecule has 5 nitrogen and oxygen atoms in total. The van der Waals surface area contributed by atoms with Crippen LogP contribution in [0, 0.1) is 0 Å². The van der Waals surface area contributed by atoms with Crippen LogP contribution in [0.5, 0.6) is 0 Å². The van der Waals surface area contributed by atoms with Gasteiger partial charge in [0.05, 0.1) is 5.56 Å². The number of hydrogen-bond acceptors (Lipinski definition) is 3. The molecule has 0 unspecified atom stereocenters. The molecule has 2 amide bonds. The molecule has 6 heteroatoms. The van der Waals surface area contributed by atoms with Gasteiger partial charge in [0, 0.05) is 22.1 Å². The molecule has 0 aromatic heterocycles. The fourth-order valence-electron chi connectivity index (χ4n) is 1.57. The molecular weight excluding hydrogens is 298 g/mol. The van der Waals surface area contributed by atoms with Crippen LogP contribution >= 0.6 is 15.9 Å². The van der Waals surface area contributed by atoms with E-state index in [0.29, 0.717) is 15.7 Å². The lowest BCUT2D eigenvalue weighted by molar-refractivity contribution is -0.119. The molecular formula is C12H16BrN3O2. The van der Waals surface area contributed by atoms with Gasteiger partial charge in [-0.05, 0) is 48.0 Å². The number of hydrogen-bond donors (Lipinski definition) is 3. The number of anilines is 1. The van der Waals surface area contributed by atoms with Crippen molar-refractivity contribution in [2.45, 2.75) is 25.8 Å². The van der Waals surface area contributed by atoms with Gasteiger partial charge in [-0.3, -0.25) is 9.59 Å². The number of carbonyl (C=O) groups excluding carboxylic acids is 2. The second-order valence-corrected chi connectivity index (χ2v) is 5.57. The first kappa shape index (κ1) is 14.5. The Morgan fingerprint density at radius 3 is 2.56 bits per heavy atom. The molecule has 98 valence electrons. The van der Waals surface area contributed by atoms with Crippen molar-refractivity contribution in [2.24, 2.45) is 5.73 Å². The van der Waals surface area contributed by atoms with Gasteiger partial charge in [0.25, 0.3) is 5.91 Å². The molecule has 5 N–H and O–H groups in total. The quantitative estimate of drug-likeness (QED) is 0.733. The molecule has 0 saturated carbocycles. The summed E-state index contributed by atoms with van der Waals surface area (Å²) >= 11 is 3.28. The number of amides is 2. The molecule has 1 rings (SSSR count). The van der Waals surface area contributed by atoms with E-state index in [1.165, 1.54) is 0 Å². The Morgan fingerprint density at radius 2 is 2.00 bits per heavy atom. The highest BCUT2D eigenvalue weighted by atomic mass is 79.9. The van der Waals surface area contributed by atoms with Crippen LogP contribution in [0.25, 0.3) is 0 Å². The van der Waals surface area contributed by atoms with E-state index in [0.717, 1.165) is 0 Å². The minimum atomic E-state index is -0.701. The van der Waals surface area contributed by atoms with Gasteiger partial charge >= 0.3 is 0 Å². The Hall–Kier alpha value is -1.56. The lowest BCUT2D eigenvalue weighted by atomic mass is 9.99. The Morgan fingerprint density at radius 1 is 1.39 bits per heavy atom. The van der Waals surface area contributed by atoms with Crippen LogP contribution in [-0.2, 0) is 4.79 Å². The summed E-state index contributed by atoms with van der Waals surface area (Å²) < 4.78 is 0.643.